The Labute approximate surface area is 176 Å². The highest BCUT2D eigenvalue weighted by Crippen LogP contribution is 2.39. The second-order valence-electron chi connectivity index (χ2n) is 7.61. The second-order valence-corrected chi connectivity index (χ2v) is 7.61. The maximum atomic E-state index is 11.8. The number of hydrogen-bond donors (Lipinski definition) is 1. The molecule has 0 bridgehead atoms. The van der Waals surface area contributed by atoms with Crippen LogP contribution in [0.15, 0.2) is 42.5 Å². The van der Waals surface area contributed by atoms with Crippen LogP contribution in [0.25, 0.3) is 22.2 Å². The van der Waals surface area contributed by atoms with Crippen molar-refractivity contribution >= 4 is 22.7 Å². The molecule has 6 nitrogen and oxygen atoms in total. The molecule has 1 heterocycles. The van der Waals surface area contributed by atoms with Crippen LogP contribution in [-0.4, -0.2) is 24.4 Å². The maximum Gasteiger partial charge on any atom is 0.411 e. The van der Waals surface area contributed by atoms with Crippen LogP contribution in [0.2, 0.25) is 0 Å². The van der Waals surface area contributed by atoms with Crippen LogP contribution >= 0.6 is 0 Å². The van der Waals surface area contributed by atoms with E-state index in [2.05, 4.69) is 16.0 Å². The fraction of sp³-hybridized carbons (Fsp3) is 0.333. The Morgan fingerprint density at radius 2 is 2.00 bits per heavy atom. The zero-order valence-electron chi connectivity index (χ0n) is 17.3. The molecule has 154 valence electrons. The minimum atomic E-state index is -0.461. The van der Waals surface area contributed by atoms with Gasteiger partial charge < -0.3 is 14.0 Å². The molecular formula is C24H25N3O3. The van der Waals surface area contributed by atoms with Crippen LogP contribution in [0.4, 0.5) is 10.5 Å². The van der Waals surface area contributed by atoms with Gasteiger partial charge >= 0.3 is 6.09 Å². The summed E-state index contributed by atoms with van der Waals surface area (Å²) >= 11 is 0. The zero-order valence-corrected chi connectivity index (χ0v) is 17.3. The van der Waals surface area contributed by atoms with Crippen molar-refractivity contribution in [2.45, 2.75) is 32.7 Å². The average molecular weight is 403 g/mol. The molecule has 1 fully saturated rings. The number of amides is 1. The molecule has 1 aliphatic carbocycles. The summed E-state index contributed by atoms with van der Waals surface area (Å²) < 4.78 is 12.7. The first kappa shape index (κ1) is 19.8. The fourth-order valence-corrected chi connectivity index (χ4v) is 3.68. The van der Waals surface area contributed by atoms with Gasteiger partial charge in [0.05, 0.1) is 30.5 Å². The van der Waals surface area contributed by atoms with E-state index in [1.807, 2.05) is 49.4 Å². The van der Waals surface area contributed by atoms with E-state index in [9.17, 15) is 10.1 Å². The monoisotopic (exact) mass is 403 g/mol. The van der Waals surface area contributed by atoms with E-state index in [4.69, 9.17) is 9.47 Å². The molecule has 1 N–H and O–H groups in total. The molecule has 0 unspecified atom stereocenters. The van der Waals surface area contributed by atoms with Crippen LogP contribution < -0.4 is 10.1 Å². The molecule has 0 radical (unpaired) electrons. The number of hydrogen-bond acceptors (Lipinski definition) is 4. The number of aromatic nitrogens is 1. The normalized spacial score (nSPS) is 13.1. The lowest BCUT2D eigenvalue weighted by molar-refractivity contribution is 0.161. The van der Waals surface area contributed by atoms with Crippen molar-refractivity contribution in [3.8, 4) is 23.1 Å². The van der Waals surface area contributed by atoms with Crippen LogP contribution in [0.3, 0.4) is 0 Å². The van der Waals surface area contributed by atoms with Gasteiger partial charge in [-0.25, -0.2) is 4.79 Å². The smallest absolute Gasteiger partial charge is 0.411 e. The van der Waals surface area contributed by atoms with Crippen LogP contribution in [0.1, 0.15) is 31.7 Å². The molecule has 1 amide bonds. The third kappa shape index (κ3) is 3.97. The van der Waals surface area contributed by atoms with Crippen molar-refractivity contribution in [2.75, 3.05) is 19.0 Å². The Kier molecular flexibility index (Phi) is 5.62. The Bertz CT molecular complexity index is 1110. The number of nitriles is 1. The summed E-state index contributed by atoms with van der Waals surface area (Å²) in [4.78, 5) is 11.8. The van der Waals surface area contributed by atoms with Gasteiger partial charge in [-0.15, -0.1) is 0 Å². The molecule has 6 heteroatoms. The summed E-state index contributed by atoms with van der Waals surface area (Å²) in [6, 6.07) is 15.8. The van der Waals surface area contributed by atoms with Crippen molar-refractivity contribution in [2.24, 2.45) is 5.92 Å². The van der Waals surface area contributed by atoms with E-state index in [1.54, 1.807) is 7.11 Å². The Morgan fingerprint density at radius 1 is 1.23 bits per heavy atom. The van der Waals surface area contributed by atoms with Crippen molar-refractivity contribution in [3.05, 3.63) is 48.0 Å². The number of carbonyl (C=O) groups excluding carboxylic acids is 1. The molecule has 0 saturated heterocycles. The summed E-state index contributed by atoms with van der Waals surface area (Å²) in [5, 5.41) is 13.6. The van der Waals surface area contributed by atoms with E-state index in [0.29, 0.717) is 23.8 Å². The Balaban J connectivity index is 1.74. The lowest BCUT2D eigenvalue weighted by Crippen LogP contribution is -2.13. The van der Waals surface area contributed by atoms with Gasteiger partial charge in [-0.2, -0.15) is 5.26 Å². The molecule has 1 saturated carbocycles. The third-order valence-corrected chi connectivity index (χ3v) is 5.36. The van der Waals surface area contributed by atoms with E-state index in [-0.39, 0.29) is 0 Å². The predicted molar refractivity (Wildman–Crippen MR) is 117 cm³/mol. The first-order valence-electron chi connectivity index (χ1n) is 10.3. The molecule has 2 aromatic carbocycles. The highest BCUT2D eigenvalue weighted by molar-refractivity contribution is 5.95. The number of rotatable bonds is 7. The highest BCUT2D eigenvalue weighted by atomic mass is 16.5. The van der Waals surface area contributed by atoms with Gasteiger partial charge in [0.15, 0.2) is 0 Å². The van der Waals surface area contributed by atoms with Gasteiger partial charge in [-0.05, 0) is 55.0 Å². The SMILES string of the molecule is CCCOC(=O)Nc1ccc(-c2c(C#N)c3ccc(OC)cc3n2CC2CC2)cc1. The molecule has 0 atom stereocenters. The molecule has 3 aromatic rings. The first-order valence-corrected chi connectivity index (χ1v) is 10.3. The lowest BCUT2D eigenvalue weighted by Gasteiger charge is -2.12. The van der Waals surface area contributed by atoms with Crippen molar-refractivity contribution in [1.29, 1.82) is 5.26 Å². The summed E-state index contributed by atoms with van der Waals surface area (Å²) in [6.07, 6.45) is 2.75. The minimum absolute atomic E-state index is 0.389. The number of carbonyl (C=O) groups is 1. The third-order valence-electron chi connectivity index (χ3n) is 5.36. The van der Waals surface area contributed by atoms with Crippen LogP contribution in [-0.2, 0) is 11.3 Å². The first-order chi connectivity index (χ1) is 14.6. The van der Waals surface area contributed by atoms with Gasteiger partial charge in [-0.1, -0.05) is 19.1 Å². The van der Waals surface area contributed by atoms with E-state index >= 15 is 0 Å². The number of methoxy groups -OCH3 is 1. The number of ether oxygens (including phenoxy) is 2. The van der Waals surface area contributed by atoms with Crippen LogP contribution in [0, 0.1) is 17.2 Å². The zero-order chi connectivity index (χ0) is 21.1. The van der Waals surface area contributed by atoms with Gasteiger partial charge in [-0.3, -0.25) is 5.32 Å². The van der Waals surface area contributed by atoms with Gasteiger partial charge in [0.1, 0.15) is 11.8 Å². The van der Waals surface area contributed by atoms with Gasteiger partial charge in [0, 0.05) is 23.7 Å². The summed E-state index contributed by atoms with van der Waals surface area (Å²) in [7, 11) is 1.65. The van der Waals surface area contributed by atoms with Gasteiger partial charge in [0.2, 0.25) is 0 Å². The lowest BCUT2D eigenvalue weighted by atomic mass is 10.1. The predicted octanol–water partition coefficient (Wildman–Crippen LogP) is 5.56. The minimum Gasteiger partial charge on any atom is -0.497 e. The van der Waals surface area contributed by atoms with Crippen molar-refractivity contribution in [1.82, 2.24) is 4.57 Å². The van der Waals surface area contributed by atoms with E-state index in [1.165, 1.54) is 12.8 Å². The maximum absolute atomic E-state index is 11.8. The molecule has 0 aliphatic heterocycles. The van der Waals surface area contributed by atoms with Crippen molar-refractivity contribution in [3.63, 3.8) is 0 Å². The number of nitrogens with one attached hydrogen (secondary N) is 1. The average Bonchev–Trinajstić information content (AvgIpc) is 3.54. The fourth-order valence-electron chi connectivity index (χ4n) is 3.68. The summed E-state index contributed by atoms with van der Waals surface area (Å²) in [5.74, 6) is 1.42. The number of benzene rings is 2. The Morgan fingerprint density at radius 3 is 2.63 bits per heavy atom. The van der Waals surface area contributed by atoms with Crippen LogP contribution in [0.5, 0.6) is 5.75 Å². The molecular weight excluding hydrogens is 378 g/mol. The molecule has 1 aromatic heterocycles. The van der Waals surface area contributed by atoms with E-state index in [0.717, 1.165) is 40.9 Å². The molecule has 0 spiro atoms. The quantitative estimate of drug-likeness (QED) is 0.560. The van der Waals surface area contributed by atoms with Crippen molar-refractivity contribution < 1.29 is 14.3 Å². The standard InChI is InChI=1S/C24H25N3O3/c1-3-12-30-24(28)26-18-8-6-17(7-9-18)23-21(14-25)20-11-10-19(29-2)13-22(20)27(23)15-16-4-5-16/h6-11,13,16H,3-5,12,15H2,1-2H3,(H,26,28). The highest BCUT2D eigenvalue weighted by Gasteiger charge is 2.26. The Hall–Kier alpha value is -3.46. The van der Waals surface area contributed by atoms with E-state index < -0.39 is 6.09 Å². The van der Waals surface area contributed by atoms with Gasteiger partial charge in [0.25, 0.3) is 0 Å². The largest absolute Gasteiger partial charge is 0.497 e. The molecule has 30 heavy (non-hydrogen) atoms. The number of nitrogens with zero attached hydrogens (tertiary/aromatic N) is 2. The molecule has 4 rings (SSSR count). The topological polar surface area (TPSA) is 76.3 Å². The number of anilines is 1. The number of fused-ring (bicyclic) bond motifs is 1. The molecule has 1 aliphatic rings. The second kappa shape index (κ2) is 8.50. The summed E-state index contributed by atoms with van der Waals surface area (Å²) in [5.41, 5.74) is 4.18. The summed E-state index contributed by atoms with van der Waals surface area (Å²) in [6.45, 7) is 3.22.